The van der Waals surface area contributed by atoms with Gasteiger partial charge >= 0.3 is 11.7 Å². The molecule has 0 aromatic heterocycles. The van der Waals surface area contributed by atoms with Crippen molar-refractivity contribution in [1.29, 1.82) is 0 Å². The van der Waals surface area contributed by atoms with Gasteiger partial charge in [0.1, 0.15) is 0 Å². The van der Waals surface area contributed by atoms with Gasteiger partial charge in [0.05, 0.1) is 25.8 Å². The van der Waals surface area contributed by atoms with E-state index in [1.807, 2.05) is 0 Å². The van der Waals surface area contributed by atoms with Crippen LogP contribution in [0.1, 0.15) is 38.7 Å². The van der Waals surface area contributed by atoms with Crippen LogP contribution < -0.4 is 9.47 Å². The standard InChI is InChI=1S/C26H21F6NO3S/c1-35-21-13-16-10-11-33(24(34)15-6-8-19(9-7-15)37-26(30,31)32)23(20(16)14-22(21)36-2)17-4-3-5-18(12-17)25(27,28)29/h3-9,12-14,23H,10-11H2,1-2H3. The molecule has 4 nitrogen and oxygen atoms in total. The molecule has 0 saturated heterocycles. The molecule has 1 aliphatic rings. The zero-order valence-corrected chi connectivity index (χ0v) is 20.4. The van der Waals surface area contributed by atoms with Crippen molar-refractivity contribution in [3.63, 3.8) is 0 Å². The Morgan fingerprint density at radius 2 is 1.57 bits per heavy atom. The van der Waals surface area contributed by atoms with Crippen LogP contribution in [0.3, 0.4) is 0 Å². The minimum absolute atomic E-state index is 0.0840. The minimum Gasteiger partial charge on any atom is -0.493 e. The first-order chi connectivity index (χ1) is 17.4. The number of thioether (sulfide) groups is 1. The number of amides is 1. The molecule has 1 amide bonds. The number of nitrogens with zero attached hydrogens (tertiary/aromatic N) is 1. The summed E-state index contributed by atoms with van der Waals surface area (Å²) in [6.07, 6.45) is -4.20. The van der Waals surface area contributed by atoms with Crippen LogP contribution in [-0.4, -0.2) is 37.1 Å². The van der Waals surface area contributed by atoms with Crippen molar-refractivity contribution in [3.05, 3.63) is 88.5 Å². The maximum absolute atomic E-state index is 13.6. The van der Waals surface area contributed by atoms with Crippen molar-refractivity contribution in [2.24, 2.45) is 0 Å². The zero-order chi connectivity index (χ0) is 27.0. The van der Waals surface area contributed by atoms with E-state index in [-0.39, 0.29) is 34.3 Å². The summed E-state index contributed by atoms with van der Waals surface area (Å²) >= 11 is -0.301. The highest BCUT2D eigenvalue weighted by Gasteiger charge is 2.36. The number of methoxy groups -OCH3 is 2. The van der Waals surface area contributed by atoms with Crippen molar-refractivity contribution in [2.75, 3.05) is 20.8 Å². The summed E-state index contributed by atoms with van der Waals surface area (Å²) in [6.45, 7) is 0.168. The lowest BCUT2D eigenvalue weighted by atomic mass is 9.86. The number of rotatable bonds is 5. The van der Waals surface area contributed by atoms with E-state index in [9.17, 15) is 31.1 Å². The van der Waals surface area contributed by atoms with Crippen LogP contribution in [0.15, 0.2) is 65.6 Å². The molecule has 0 fully saturated rings. The first-order valence-electron chi connectivity index (χ1n) is 11.0. The molecule has 1 heterocycles. The smallest absolute Gasteiger partial charge is 0.446 e. The third-order valence-corrected chi connectivity index (χ3v) is 6.74. The average Bonchev–Trinajstić information content (AvgIpc) is 2.85. The highest BCUT2D eigenvalue weighted by Crippen LogP contribution is 2.43. The van der Waals surface area contributed by atoms with Crippen molar-refractivity contribution < 1.29 is 40.6 Å². The number of carbonyl (C=O) groups excluding carboxylic acids is 1. The first-order valence-corrected chi connectivity index (χ1v) is 11.8. The van der Waals surface area contributed by atoms with Gasteiger partial charge in [-0.25, -0.2) is 0 Å². The monoisotopic (exact) mass is 541 g/mol. The summed E-state index contributed by atoms with van der Waals surface area (Å²) in [5.74, 6) is 0.272. The van der Waals surface area contributed by atoms with Crippen LogP contribution in [0.2, 0.25) is 0 Å². The highest BCUT2D eigenvalue weighted by atomic mass is 32.2. The first kappa shape index (κ1) is 26.7. The second-order valence-corrected chi connectivity index (χ2v) is 9.39. The zero-order valence-electron chi connectivity index (χ0n) is 19.6. The van der Waals surface area contributed by atoms with E-state index < -0.39 is 29.2 Å². The minimum atomic E-state index is -4.59. The Morgan fingerprint density at radius 3 is 2.16 bits per heavy atom. The van der Waals surface area contributed by atoms with Gasteiger partial charge in [0, 0.05) is 17.0 Å². The Bertz CT molecular complexity index is 1290. The summed E-state index contributed by atoms with van der Waals surface area (Å²) < 4.78 is 89.4. The summed E-state index contributed by atoms with van der Waals surface area (Å²) in [4.78, 5) is 14.9. The Labute approximate surface area is 213 Å². The number of alkyl halides is 6. The van der Waals surface area contributed by atoms with Gasteiger partial charge in [-0.05, 0) is 83.4 Å². The second kappa shape index (κ2) is 10.2. The lowest BCUT2D eigenvalue weighted by molar-refractivity contribution is -0.137. The molecule has 37 heavy (non-hydrogen) atoms. The number of hydrogen-bond donors (Lipinski definition) is 0. The van der Waals surface area contributed by atoms with Gasteiger partial charge in [-0.3, -0.25) is 4.79 Å². The van der Waals surface area contributed by atoms with E-state index in [1.165, 1.54) is 55.5 Å². The van der Waals surface area contributed by atoms with Gasteiger partial charge < -0.3 is 14.4 Å². The molecular weight excluding hydrogens is 520 g/mol. The number of ether oxygens (including phenoxy) is 2. The summed E-state index contributed by atoms with van der Waals surface area (Å²) in [6, 6.07) is 12.2. The van der Waals surface area contributed by atoms with Gasteiger partial charge in [0.2, 0.25) is 0 Å². The van der Waals surface area contributed by atoms with Crippen LogP contribution in [0.5, 0.6) is 11.5 Å². The molecule has 0 spiro atoms. The van der Waals surface area contributed by atoms with Crippen molar-refractivity contribution in [2.45, 2.75) is 29.0 Å². The van der Waals surface area contributed by atoms with E-state index in [1.54, 1.807) is 12.1 Å². The highest BCUT2D eigenvalue weighted by molar-refractivity contribution is 8.00. The van der Waals surface area contributed by atoms with Crippen molar-refractivity contribution >= 4 is 17.7 Å². The number of hydrogen-bond acceptors (Lipinski definition) is 4. The largest absolute Gasteiger partial charge is 0.493 e. The Balaban J connectivity index is 1.80. The SMILES string of the molecule is COc1cc2c(cc1OC)C(c1cccc(C(F)(F)F)c1)N(C(=O)c1ccc(SC(F)(F)F)cc1)CC2. The van der Waals surface area contributed by atoms with Gasteiger partial charge in [-0.2, -0.15) is 26.3 Å². The topological polar surface area (TPSA) is 38.8 Å². The predicted octanol–water partition coefficient (Wildman–Crippen LogP) is 7.12. The van der Waals surface area contributed by atoms with Gasteiger partial charge in [0.15, 0.2) is 11.5 Å². The molecule has 0 saturated carbocycles. The van der Waals surface area contributed by atoms with Crippen LogP contribution in [0, 0.1) is 0 Å². The van der Waals surface area contributed by atoms with Crippen molar-refractivity contribution in [3.8, 4) is 11.5 Å². The molecule has 1 atom stereocenters. The normalized spacial score (nSPS) is 15.8. The van der Waals surface area contributed by atoms with Crippen LogP contribution in [0.25, 0.3) is 0 Å². The van der Waals surface area contributed by atoms with Gasteiger partial charge in [-0.1, -0.05) is 12.1 Å². The van der Waals surface area contributed by atoms with E-state index >= 15 is 0 Å². The van der Waals surface area contributed by atoms with Gasteiger partial charge in [-0.15, -0.1) is 0 Å². The van der Waals surface area contributed by atoms with E-state index in [0.29, 0.717) is 23.5 Å². The maximum atomic E-state index is 13.6. The summed E-state index contributed by atoms with van der Waals surface area (Å²) in [5.41, 5.74) is -3.63. The summed E-state index contributed by atoms with van der Waals surface area (Å²) in [5, 5.41) is 0. The van der Waals surface area contributed by atoms with E-state index in [2.05, 4.69) is 0 Å². The molecule has 1 unspecified atom stereocenters. The number of halogens is 6. The van der Waals surface area contributed by atoms with Crippen LogP contribution in [-0.2, 0) is 12.6 Å². The molecular formula is C26H21F6NO3S. The maximum Gasteiger partial charge on any atom is 0.446 e. The quantitative estimate of drug-likeness (QED) is 0.255. The Kier molecular flexibility index (Phi) is 7.36. The number of carbonyl (C=O) groups is 1. The molecule has 4 rings (SSSR count). The fourth-order valence-electron chi connectivity index (χ4n) is 4.37. The molecule has 0 aliphatic carbocycles. The Hall–Kier alpha value is -3.34. The Morgan fingerprint density at radius 1 is 0.919 bits per heavy atom. The van der Waals surface area contributed by atoms with Gasteiger partial charge in [0.25, 0.3) is 5.91 Å². The third-order valence-electron chi connectivity index (χ3n) is 6.00. The second-order valence-electron chi connectivity index (χ2n) is 8.25. The van der Waals surface area contributed by atoms with E-state index in [4.69, 9.17) is 9.47 Å². The molecule has 0 N–H and O–H groups in total. The van der Waals surface area contributed by atoms with Crippen LogP contribution >= 0.6 is 11.8 Å². The fraction of sp³-hybridized carbons (Fsp3) is 0.269. The molecule has 0 bridgehead atoms. The lowest BCUT2D eigenvalue weighted by Crippen LogP contribution is -2.40. The van der Waals surface area contributed by atoms with E-state index in [0.717, 1.165) is 17.7 Å². The predicted molar refractivity (Wildman–Crippen MR) is 126 cm³/mol. The molecule has 3 aromatic carbocycles. The molecule has 0 radical (unpaired) electrons. The third kappa shape index (κ3) is 5.82. The molecule has 196 valence electrons. The number of benzene rings is 3. The summed E-state index contributed by atoms with van der Waals surface area (Å²) in [7, 11) is 2.89. The van der Waals surface area contributed by atoms with Crippen molar-refractivity contribution in [1.82, 2.24) is 4.90 Å². The molecule has 3 aromatic rings. The molecule has 1 aliphatic heterocycles. The fourth-order valence-corrected chi connectivity index (χ4v) is 4.91. The van der Waals surface area contributed by atoms with Crippen LogP contribution in [0.4, 0.5) is 26.3 Å². The molecule has 11 heteroatoms. The average molecular weight is 542 g/mol. The number of fused-ring (bicyclic) bond motifs is 1. The lowest BCUT2D eigenvalue weighted by Gasteiger charge is -2.38.